The lowest BCUT2D eigenvalue weighted by molar-refractivity contribution is -0.126. The van der Waals surface area contributed by atoms with E-state index in [1.54, 1.807) is 0 Å². The standard InChI is InChI=1S/C9H13ClN4O3S/c1-6-8(15)11-3-4-14(6)18(16,17)9-7(10)5-12-13(9)2/h5-6H,3-4H2,1-2H3,(H,11,15). The Balaban J connectivity index is 2.46. The van der Waals surface area contributed by atoms with Crippen molar-refractivity contribution < 1.29 is 13.2 Å². The molecule has 1 unspecified atom stereocenters. The van der Waals surface area contributed by atoms with E-state index in [1.165, 1.54) is 24.9 Å². The van der Waals surface area contributed by atoms with Crippen LogP contribution in [0.25, 0.3) is 0 Å². The molecule has 0 saturated carbocycles. The molecule has 1 aliphatic rings. The van der Waals surface area contributed by atoms with E-state index in [0.717, 1.165) is 4.31 Å². The number of halogens is 1. The number of rotatable bonds is 2. The third kappa shape index (κ3) is 2.00. The maximum absolute atomic E-state index is 12.4. The van der Waals surface area contributed by atoms with Crippen LogP contribution in [0.1, 0.15) is 6.92 Å². The van der Waals surface area contributed by atoms with Gasteiger partial charge in [-0.25, -0.2) is 8.42 Å². The molecule has 9 heteroatoms. The second-order valence-corrected chi connectivity index (χ2v) is 6.22. The van der Waals surface area contributed by atoms with Crippen molar-refractivity contribution in [1.82, 2.24) is 19.4 Å². The van der Waals surface area contributed by atoms with Crippen molar-refractivity contribution in [3.8, 4) is 0 Å². The zero-order valence-corrected chi connectivity index (χ0v) is 11.5. The summed E-state index contributed by atoms with van der Waals surface area (Å²) in [6.07, 6.45) is 1.27. The second-order valence-electron chi connectivity index (χ2n) is 4.00. The quantitative estimate of drug-likeness (QED) is 0.802. The second kappa shape index (κ2) is 4.52. The third-order valence-electron chi connectivity index (χ3n) is 2.84. The maximum atomic E-state index is 12.4. The van der Waals surface area contributed by atoms with Crippen LogP contribution in [-0.4, -0.2) is 47.5 Å². The van der Waals surface area contributed by atoms with Crippen molar-refractivity contribution >= 4 is 27.5 Å². The zero-order valence-electron chi connectivity index (χ0n) is 9.92. The molecule has 1 aliphatic heterocycles. The van der Waals surface area contributed by atoms with Gasteiger partial charge in [0.05, 0.1) is 11.2 Å². The van der Waals surface area contributed by atoms with E-state index in [2.05, 4.69) is 10.4 Å². The third-order valence-corrected chi connectivity index (χ3v) is 5.32. The molecule has 1 saturated heterocycles. The lowest BCUT2D eigenvalue weighted by Crippen LogP contribution is -2.55. The van der Waals surface area contributed by atoms with Gasteiger partial charge in [-0.1, -0.05) is 11.6 Å². The Morgan fingerprint density at radius 3 is 2.78 bits per heavy atom. The molecule has 100 valence electrons. The minimum absolute atomic E-state index is 0.0516. The molecule has 18 heavy (non-hydrogen) atoms. The fraction of sp³-hybridized carbons (Fsp3) is 0.556. The number of amides is 1. The van der Waals surface area contributed by atoms with Gasteiger partial charge in [0, 0.05) is 20.1 Å². The molecule has 2 heterocycles. The number of hydrogen-bond donors (Lipinski definition) is 1. The highest BCUT2D eigenvalue weighted by Gasteiger charge is 2.38. The van der Waals surface area contributed by atoms with E-state index in [1.807, 2.05) is 0 Å². The first-order valence-corrected chi connectivity index (χ1v) is 7.14. The number of carbonyl (C=O) groups is 1. The molecule has 1 atom stereocenters. The van der Waals surface area contributed by atoms with Crippen molar-refractivity contribution in [1.29, 1.82) is 0 Å². The summed E-state index contributed by atoms with van der Waals surface area (Å²) in [6, 6.07) is -0.755. The fourth-order valence-electron chi connectivity index (χ4n) is 1.89. The van der Waals surface area contributed by atoms with Crippen LogP contribution in [0.5, 0.6) is 0 Å². The number of aryl methyl sites for hydroxylation is 1. The molecule has 0 aliphatic carbocycles. The predicted octanol–water partition coefficient (Wildman–Crippen LogP) is -0.418. The Morgan fingerprint density at radius 2 is 2.22 bits per heavy atom. The summed E-state index contributed by atoms with van der Waals surface area (Å²) >= 11 is 5.84. The van der Waals surface area contributed by atoms with Crippen molar-refractivity contribution in [3.05, 3.63) is 11.2 Å². The molecule has 1 aromatic heterocycles. The van der Waals surface area contributed by atoms with Gasteiger partial charge in [0.25, 0.3) is 10.0 Å². The Labute approximate surface area is 110 Å². The summed E-state index contributed by atoms with van der Waals surface area (Å²) in [7, 11) is -2.33. The van der Waals surface area contributed by atoms with Gasteiger partial charge in [-0.2, -0.15) is 9.40 Å². The molecular formula is C9H13ClN4O3S. The number of hydrogen-bond acceptors (Lipinski definition) is 4. The van der Waals surface area contributed by atoms with Crippen LogP contribution in [0.2, 0.25) is 5.02 Å². The van der Waals surface area contributed by atoms with Crippen molar-refractivity contribution in [3.63, 3.8) is 0 Å². The molecule has 0 aromatic carbocycles. The predicted molar refractivity (Wildman–Crippen MR) is 64.6 cm³/mol. The van der Waals surface area contributed by atoms with Crippen LogP contribution in [0.15, 0.2) is 11.2 Å². The largest absolute Gasteiger partial charge is 0.353 e. The number of sulfonamides is 1. The van der Waals surface area contributed by atoms with Gasteiger partial charge in [0.1, 0.15) is 6.04 Å². The van der Waals surface area contributed by atoms with Gasteiger partial charge in [-0.15, -0.1) is 0 Å². The first-order chi connectivity index (χ1) is 8.35. The van der Waals surface area contributed by atoms with Gasteiger partial charge in [-0.3, -0.25) is 9.48 Å². The Hall–Kier alpha value is -1.12. The minimum atomic E-state index is -3.82. The topological polar surface area (TPSA) is 84.3 Å². The number of nitrogens with zero attached hydrogens (tertiary/aromatic N) is 3. The van der Waals surface area contributed by atoms with E-state index >= 15 is 0 Å². The average Bonchev–Trinajstić information content (AvgIpc) is 2.62. The maximum Gasteiger partial charge on any atom is 0.262 e. The zero-order chi connectivity index (χ0) is 13.5. The van der Waals surface area contributed by atoms with Gasteiger partial charge in [0.2, 0.25) is 5.91 Å². The summed E-state index contributed by atoms with van der Waals surface area (Å²) in [5, 5.41) is 6.37. The highest BCUT2D eigenvalue weighted by molar-refractivity contribution is 7.89. The lowest BCUT2D eigenvalue weighted by atomic mass is 10.2. The number of nitrogens with one attached hydrogen (secondary N) is 1. The van der Waals surface area contributed by atoms with E-state index in [0.29, 0.717) is 0 Å². The number of piperazine rings is 1. The number of aromatic nitrogens is 2. The van der Waals surface area contributed by atoms with Gasteiger partial charge >= 0.3 is 0 Å². The molecule has 1 N–H and O–H groups in total. The van der Waals surface area contributed by atoms with Gasteiger partial charge in [0.15, 0.2) is 5.03 Å². The van der Waals surface area contributed by atoms with Crippen LogP contribution in [-0.2, 0) is 21.9 Å². The monoisotopic (exact) mass is 292 g/mol. The summed E-state index contributed by atoms with van der Waals surface area (Å²) in [5.74, 6) is -0.317. The Morgan fingerprint density at radius 1 is 1.56 bits per heavy atom. The molecular weight excluding hydrogens is 280 g/mol. The molecule has 7 nitrogen and oxygen atoms in total. The first kappa shape index (κ1) is 13.3. The fourth-order valence-corrected chi connectivity index (χ4v) is 4.09. The van der Waals surface area contributed by atoms with Crippen molar-refractivity contribution in [2.24, 2.45) is 7.05 Å². The van der Waals surface area contributed by atoms with E-state index < -0.39 is 16.1 Å². The Kier molecular flexibility index (Phi) is 3.35. The highest BCUT2D eigenvalue weighted by atomic mass is 35.5. The summed E-state index contributed by atoms with van der Waals surface area (Å²) < 4.78 is 27.2. The SMILES string of the molecule is CC1C(=O)NCCN1S(=O)(=O)c1c(Cl)cnn1C. The van der Waals surface area contributed by atoms with Crippen molar-refractivity contribution in [2.75, 3.05) is 13.1 Å². The summed E-state index contributed by atoms with van der Waals surface area (Å²) in [4.78, 5) is 11.5. The Bertz CT molecular complexity index is 563. The lowest BCUT2D eigenvalue weighted by Gasteiger charge is -2.31. The first-order valence-electron chi connectivity index (χ1n) is 5.32. The molecule has 0 bridgehead atoms. The van der Waals surface area contributed by atoms with Crippen LogP contribution in [0.4, 0.5) is 0 Å². The van der Waals surface area contributed by atoms with E-state index in [-0.39, 0.29) is 29.0 Å². The van der Waals surface area contributed by atoms with Crippen molar-refractivity contribution in [2.45, 2.75) is 18.0 Å². The molecule has 1 aromatic rings. The number of carbonyl (C=O) groups excluding carboxylic acids is 1. The van der Waals surface area contributed by atoms with Gasteiger partial charge in [-0.05, 0) is 6.92 Å². The minimum Gasteiger partial charge on any atom is -0.353 e. The molecule has 1 amide bonds. The molecule has 1 fully saturated rings. The highest BCUT2D eigenvalue weighted by Crippen LogP contribution is 2.25. The van der Waals surface area contributed by atoms with E-state index in [9.17, 15) is 13.2 Å². The summed E-state index contributed by atoms with van der Waals surface area (Å²) in [5.41, 5.74) is 0. The normalized spacial score (nSPS) is 21.9. The molecule has 2 rings (SSSR count). The average molecular weight is 293 g/mol. The molecule has 0 spiro atoms. The van der Waals surface area contributed by atoms with Crippen LogP contribution in [0, 0.1) is 0 Å². The van der Waals surface area contributed by atoms with Crippen LogP contribution >= 0.6 is 11.6 Å². The van der Waals surface area contributed by atoms with Crippen LogP contribution < -0.4 is 5.32 Å². The molecule has 0 radical (unpaired) electrons. The summed E-state index contributed by atoms with van der Waals surface area (Å²) in [6.45, 7) is 2.05. The smallest absolute Gasteiger partial charge is 0.262 e. The van der Waals surface area contributed by atoms with Gasteiger partial charge < -0.3 is 5.32 Å². The van der Waals surface area contributed by atoms with Crippen LogP contribution in [0.3, 0.4) is 0 Å². The van der Waals surface area contributed by atoms with E-state index in [4.69, 9.17) is 11.6 Å².